The molecule has 4 rings (SSSR count). The number of piperidine rings is 1. The molecule has 3 N–H and O–H groups in total. The fourth-order valence-electron chi connectivity index (χ4n) is 5.16. The molecule has 0 aromatic heterocycles. The van der Waals surface area contributed by atoms with E-state index in [4.69, 9.17) is 5.73 Å². The smallest absolute Gasteiger partial charge is 0.347 e. The van der Waals surface area contributed by atoms with Gasteiger partial charge in [0.25, 0.3) is 0 Å². The number of nitrogens with zero attached hydrogens (tertiary/aromatic N) is 3. The van der Waals surface area contributed by atoms with Gasteiger partial charge in [0.15, 0.2) is 0 Å². The van der Waals surface area contributed by atoms with Crippen molar-refractivity contribution in [1.82, 2.24) is 4.90 Å². The summed E-state index contributed by atoms with van der Waals surface area (Å²) in [6.45, 7) is 3.16. The highest BCUT2D eigenvalue weighted by atomic mass is 16.2. The summed E-state index contributed by atoms with van der Waals surface area (Å²) in [4.78, 5) is 19.0. The lowest BCUT2D eigenvalue weighted by Crippen LogP contribution is -2.42. The molecule has 2 aliphatic carbocycles. The molecule has 31 heavy (non-hydrogen) atoms. The second-order valence-electron chi connectivity index (χ2n) is 9.67. The first-order chi connectivity index (χ1) is 15.1. The topological polar surface area (TPSA) is 94.5 Å². The van der Waals surface area contributed by atoms with Crippen molar-refractivity contribution in [1.29, 1.82) is 5.26 Å². The summed E-state index contributed by atoms with van der Waals surface area (Å²) < 4.78 is 0. The number of anilines is 1. The number of nitrogens with two attached hydrogens (primary N) is 1. The lowest BCUT2D eigenvalue weighted by atomic mass is 9.86. The maximum Gasteiger partial charge on any atom is 0.347 e. The van der Waals surface area contributed by atoms with Gasteiger partial charge >= 0.3 is 6.03 Å². The van der Waals surface area contributed by atoms with Crippen molar-refractivity contribution in [3.63, 3.8) is 0 Å². The van der Waals surface area contributed by atoms with E-state index in [1.807, 2.05) is 24.3 Å². The van der Waals surface area contributed by atoms with Crippen molar-refractivity contribution in [3.8, 4) is 6.07 Å². The van der Waals surface area contributed by atoms with Crippen LogP contribution in [0.1, 0.15) is 69.8 Å². The highest BCUT2D eigenvalue weighted by molar-refractivity contribution is 6.00. The van der Waals surface area contributed by atoms with Gasteiger partial charge in [-0.25, -0.2) is 4.79 Å². The molecule has 0 spiro atoms. The van der Waals surface area contributed by atoms with Gasteiger partial charge in [0, 0.05) is 18.2 Å². The average molecular weight is 422 g/mol. The number of hydrogen-bond donors (Lipinski definition) is 2. The number of amidine groups is 1. The van der Waals surface area contributed by atoms with E-state index in [1.54, 1.807) is 0 Å². The molecule has 3 aliphatic rings. The van der Waals surface area contributed by atoms with E-state index in [0.717, 1.165) is 56.8 Å². The van der Waals surface area contributed by atoms with Crippen molar-refractivity contribution >= 4 is 17.6 Å². The first-order valence-electron chi connectivity index (χ1n) is 12.0. The number of benzene rings is 1. The summed E-state index contributed by atoms with van der Waals surface area (Å²) in [5, 5.41) is 12.1. The van der Waals surface area contributed by atoms with Crippen LogP contribution in [0.3, 0.4) is 0 Å². The Morgan fingerprint density at radius 1 is 1.16 bits per heavy atom. The molecule has 6 nitrogen and oxygen atoms in total. The fraction of sp³-hybridized carbons (Fsp3) is 0.640. The molecule has 1 aromatic carbocycles. The third-order valence-electron chi connectivity index (χ3n) is 7.39. The Morgan fingerprint density at radius 2 is 1.90 bits per heavy atom. The normalized spacial score (nSPS) is 24.4. The van der Waals surface area contributed by atoms with Crippen LogP contribution in [0.2, 0.25) is 0 Å². The molecule has 0 unspecified atom stereocenters. The predicted octanol–water partition coefficient (Wildman–Crippen LogP) is 4.81. The number of aliphatic imine (C=N–C) groups is 1. The quantitative estimate of drug-likeness (QED) is 0.509. The summed E-state index contributed by atoms with van der Waals surface area (Å²) in [6.07, 6.45) is 12.2. The number of hydrogen-bond acceptors (Lipinski definition) is 3. The van der Waals surface area contributed by atoms with Crippen LogP contribution in [0.15, 0.2) is 29.3 Å². The molecule has 0 radical (unpaired) electrons. The molecule has 1 aromatic rings. The van der Waals surface area contributed by atoms with Gasteiger partial charge in [-0.2, -0.15) is 10.3 Å². The van der Waals surface area contributed by atoms with Crippen molar-refractivity contribution in [2.24, 2.45) is 22.6 Å². The van der Waals surface area contributed by atoms with Crippen molar-refractivity contribution in [2.45, 2.75) is 69.6 Å². The molecule has 1 atom stereocenters. The SMILES string of the molecule is N#CC1(c2ccc(NC(=O)/N=C(\N)[C@H]3CCCN(CCC4CCCCC4)C3)cc2)CC1. The summed E-state index contributed by atoms with van der Waals surface area (Å²) in [5.74, 6) is 1.48. The Hall–Kier alpha value is -2.39. The third-order valence-corrected chi connectivity index (χ3v) is 7.39. The number of rotatable bonds is 6. The van der Waals surface area contributed by atoms with Gasteiger partial charge in [-0.3, -0.25) is 0 Å². The molecule has 1 aliphatic heterocycles. The van der Waals surface area contributed by atoms with Crippen molar-refractivity contribution in [2.75, 3.05) is 25.0 Å². The van der Waals surface area contributed by atoms with Crippen LogP contribution < -0.4 is 11.1 Å². The van der Waals surface area contributed by atoms with E-state index in [2.05, 4.69) is 21.3 Å². The first-order valence-corrected chi connectivity index (χ1v) is 12.0. The summed E-state index contributed by atoms with van der Waals surface area (Å²) in [5.41, 5.74) is 7.63. The second-order valence-corrected chi connectivity index (χ2v) is 9.67. The van der Waals surface area contributed by atoms with Crippen LogP contribution in [-0.2, 0) is 5.41 Å². The number of nitriles is 1. The van der Waals surface area contributed by atoms with Crippen LogP contribution in [0.4, 0.5) is 10.5 Å². The van der Waals surface area contributed by atoms with E-state index in [-0.39, 0.29) is 11.3 Å². The monoisotopic (exact) mass is 421 g/mol. The van der Waals surface area contributed by atoms with Crippen LogP contribution in [0.25, 0.3) is 0 Å². The Morgan fingerprint density at radius 3 is 2.58 bits per heavy atom. The van der Waals surface area contributed by atoms with Gasteiger partial charge in [-0.1, -0.05) is 44.2 Å². The Balaban J connectivity index is 1.26. The van der Waals surface area contributed by atoms with E-state index in [0.29, 0.717) is 11.5 Å². The van der Waals surface area contributed by atoms with Crippen LogP contribution in [-0.4, -0.2) is 36.4 Å². The fourth-order valence-corrected chi connectivity index (χ4v) is 5.16. The molecule has 3 fully saturated rings. The lowest BCUT2D eigenvalue weighted by Gasteiger charge is -2.33. The Kier molecular flexibility index (Phi) is 6.92. The average Bonchev–Trinajstić information content (AvgIpc) is 3.60. The zero-order valence-corrected chi connectivity index (χ0v) is 18.5. The van der Waals surface area contributed by atoms with E-state index < -0.39 is 6.03 Å². The second kappa shape index (κ2) is 9.82. The zero-order valence-electron chi connectivity index (χ0n) is 18.5. The minimum Gasteiger partial charge on any atom is -0.387 e. The van der Waals surface area contributed by atoms with Crippen LogP contribution >= 0.6 is 0 Å². The molecule has 1 saturated heterocycles. The maximum absolute atomic E-state index is 12.4. The van der Waals surface area contributed by atoms with Gasteiger partial charge in [-0.15, -0.1) is 0 Å². The number of likely N-dealkylation sites (tertiary alicyclic amines) is 1. The lowest BCUT2D eigenvalue weighted by molar-refractivity contribution is 0.182. The predicted molar refractivity (Wildman–Crippen MR) is 124 cm³/mol. The molecule has 2 saturated carbocycles. The van der Waals surface area contributed by atoms with E-state index >= 15 is 0 Å². The molecule has 2 amide bonds. The number of urea groups is 1. The summed E-state index contributed by atoms with van der Waals surface area (Å²) in [7, 11) is 0. The highest BCUT2D eigenvalue weighted by Crippen LogP contribution is 2.47. The number of carbonyl (C=O) groups is 1. The molecular weight excluding hydrogens is 386 g/mol. The Labute approximate surface area is 185 Å². The largest absolute Gasteiger partial charge is 0.387 e. The molecular formula is C25H35N5O. The number of nitrogens with one attached hydrogen (secondary N) is 1. The first kappa shape index (κ1) is 21.8. The molecule has 166 valence electrons. The molecule has 1 heterocycles. The third kappa shape index (κ3) is 5.65. The summed E-state index contributed by atoms with van der Waals surface area (Å²) in [6, 6.07) is 9.48. The number of amides is 2. The van der Waals surface area contributed by atoms with Crippen molar-refractivity contribution in [3.05, 3.63) is 29.8 Å². The van der Waals surface area contributed by atoms with E-state index in [1.165, 1.54) is 38.5 Å². The van der Waals surface area contributed by atoms with Crippen LogP contribution in [0, 0.1) is 23.2 Å². The number of carbonyl (C=O) groups excluding carboxylic acids is 1. The standard InChI is InChI=1S/C25H35N5O/c26-18-25(13-14-25)21-8-10-22(11-9-21)28-24(31)29-23(27)20-7-4-15-30(17-20)16-12-19-5-2-1-3-6-19/h8-11,19-20H,1-7,12-17H2,(H3,27,28,29,31)/t20-/m0/s1. The molecule has 0 bridgehead atoms. The molecule has 6 heteroatoms. The van der Waals surface area contributed by atoms with Gasteiger partial charge in [0.1, 0.15) is 5.84 Å². The zero-order chi connectivity index (χ0) is 21.7. The highest BCUT2D eigenvalue weighted by Gasteiger charge is 2.44. The van der Waals surface area contributed by atoms with Gasteiger partial charge < -0.3 is 16.0 Å². The summed E-state index contributed by atoms with van der Waals surface area (Å²) >= 11 is 0. The van der Waals surface area contributed by atoms with Gasteiger partial charge in [-0.05, 0) is 68.8 Å². The minimum absolute atomic E-state index is 0.151. The van der Waals surface area contributed by atoms with E-state index in [9.17, 15) is 10.1 Å². The van der Waals surface area contributed by atoms with Crippen molar-refractivity contribution < 1.29 is 4.79 Å². The van der Waals surface area contributed by atoms with Crippen LogP contribution in [0.5, 0.6) is 0 Å². The Bertz CT molecular complexity index is 830. The maximum atomic E-state index is 12.4. The minimum atomic E-state index is -0.425. The van der Waals surface area contributed by atoms with Gasteiger partial charge in [0.2, 0.25) is 0 Å². The van der Waals surface area contributed by atoms with Gasteiger partial charge in [0.05, 0.1) is 11.5 Å².